The smallest absolute Gasteiger partial charge is 0.328 e. The number of aromatic nitrogens is 1. The first kappa shape index (κ1) is 19.7. The Morgan fingerprint density at radius 2 is 1.96 bits per heavy atom. The van der Waals surface area contributed by atoms with Gasteiger partial charge in [0.15, 0.2) is 0 Å². The molecule has 0 saturated carbocycles. The van der Waals surface area contributed by atoms with Crippen LogP contribution in [0.25, 0.3) is 0 Å². The Balaban J connectivity index is 2.82. The van der Waals surface area contributed by atoms with Gasteiger partial charge in [-0.3, -0.25) is 9.59 Å². The zero-order valence-corrected chi connectivity index (χ0v) is 14.9. The van der Waals surface area contributed by atoms with E-state index < -0.39 is 12.0 Å². The molecule has 1 atom stereocenters. The molecule has 1 N–H and O–H groups in total. The van der Waals surface area contributed by atoms with E-state index >= 15 is 0 Å². The molecule has 0 unspecified atom stereocenters. The molecular formula is C17H26N2O5. The lowest BCUT2D eigenvalue weighted by atomic mass is 10.0. The van der Waals surface area contributed by atoms with Gasteiger partial charge in [-0.1, -0.05) is 13.8 Å². The highest BCUT2D eigenvalue weighted by Gasteiger charge is 2.28. The molecule has 1 heterocycles. The average molecular weight is 338 g/mol. The van der Waals surface area contributed by atoms with Gasteiger partial charge in [0.2, 0.25) is 5.91 Å². The van der Waals surface area contributed by atoms with Crippen molar-refractivity contribution in [3.63, 3.8) is 0 Å². The Hall–Kier alpha value is -2.31. The van der Waals surface area contributed by atoms with Crippen LogP contribution in [0.1, 0.15) is 32.4 Å². The Kier molecular flexibility index (Phi) is 7.00. The minimum absolute atomic E-state index is 0.0770. The summed E-state index contributed by atoms with van der Waals surface area (Å²) in [5, 5.41) is 9.39. The maximum atomic E-state index is 12.4. The minimum Gasteiger partial charge on any atom is -0.508 e. The van der Waals surface area contributed by atoms with Crippen molar-refractivity contribution >= 4 is 11.9 Å². The van der Waals surface area contributed by atoms with Crippen molar-refractivity contribution in [3.05, 3.63) is 28.2 Å². The number of pyridine rings is 1. The van der Waals surface area contributed by atoms with Crippen LogP contribution in [0.4, 0.5) is 0 Å². The quantitative estimate of drug-likeness (QED) is 0.757. The molecule has 1 aromatic rings. The first-order chi connectivity index (χ1) is 11.2. The van der Waals surface area contributed by atoms with Gasteiger partial charge in [0.05, 0.1) is 7.11 Å². The van der Waals surface area contributed by atoms with Gasteiger partial charge in [0, 0.05) is 31.8 Å². The highest BCUT2D eigenvalue weighted by molar-refractivity contribution is 5.84. The van der Waals surface area contributed by atoms with Gasteiger partial charge in [0.25, 0.3) is 5.56 Å². The summed E-state index contributed by atoms with van der Waals surface area (Å²) in [6.45, 7) is 5.80. The Labute approximate surface area is 141 Å². The predicted octanol–water partition coefficient (Wildman–Crippen LogP) is 1.30. The van der Waals surface area contributed by atoms with E-state index in [0.717, 1.165) is 6.07 Å². The summed E-state index contributed by atoms with van der Waals surface area (Å²) in [4.78, 5) is 37.6. The van der Waals surface area contributed by atoms with Gasteiger partial charge >= 0.3 is 5.97 Å². The van der Waals surface area contributed by atoms with Crippen LogP contribution in [0, 0.1) is 12.8 Å². The van der Waals surface area contributed by atoms with Crippen LogP contribution < -0.4 is 5.56 Å². The van der Waals surface area contributed by atoms with Crippen LogP contribution in [0.5, 0.6) is 5.75 Å². The van der Waals surface area contributed by atoms with Gasteiger partial charge in [-0.25, -0.2) is 4.79 Å². The third-order valence-corrected chi connectivity index (χ3v) is 3.90. The molecule has 0 radical (unpaired) electrons. The molecular weight excluding hydrogens is 312 g/mol. The number of aryl methyl sites for hydroxylation is 1. The number of rotatable bonds is 7. The van der Waals surface area contributed by atoms with Gasteiger partial charge in [-0.15, -0.1) is 0 Å². The number of esters is 1. The summed E-state index contributed by atoms with van der Waals surface area (Å²) in [6, 6.07) is 1.93. The SMILES string of the molecule is COC(=O)[C@H](CC(C)C)N(C)C(=O)CCn1c(C)cc(O)cc1=O. The summed E-state index contributed by atoms with van der Waals surface area (Å²) in [5.74, 6) is -0.561. The second-order valence-corrected chi connectivity index (χ2v) is 6.27. The zero-order valence-electron chi connectivity index (χ0n) is 14.9. The lowest BCUT2D eigenvalue weighted by Gasteiger charge is -2.27. The molecule has 7 nitrogen and oxygen atoms in total. The van der Waals surface area contributed by atoms with Crippen LogP contribution >= 0.6 is 0 Å². The van der Waals surface area contributed by atoms with Crippen LogP contribution in [0.3, 0.4) is 0 Å². The molecule has 134 valence electrons. The van der Waals surface area contributed by atoms with Gasteiger partial charge in [0.1, 0.15) is 11.8 Å². The molecule has 24 heavy (non-hydrogen) atoms. The summed E-state index contributed by atoms with van der Waals surface area (Å²) < 4.78 is 6.20. The second kappa shape index (κ2) is 8.52. The standard InChI is InChI=1S/C17H26N2O5/c1-11(2)8-14(17(23)24-5)18(4)15(21)6-7-19-12(3)9-13(20)10-16(19)22/h9-11,14,20H,6-8H2,1-5H3/t14-/m0/s1. The fourth-order valence-electron chi connectivity index (χ4n) is 2.55. The van der Waals surface area contributed by atoms with Crippen molar-refractivity contribution < 1.29 is 19.4 Å². The molecule has 0 fully saturated rings. The highest BCUT2D eigenvalue weighted by atomic mass is 16.5. The fraction of sp³-hybridized carbons (Fsp3) is 0.588. The number of aromatic hydroxyl groups is 1. The minimum atomic E-state index is -0.639. The summed E-state index contributed by atoms with van der Waals surface area (Å²) in [5.41, 5.74) is 0.205. The van der Waals surface area contributed by atoms with E-state index in [0.29, 0.717) is 12.1 Å². The summed E-state index contributed by atoms with van der Waals surface area (Å²) in [7, 11) is 2.87. The fourth-order valence-corrected chi connectivity index (χ4v) is 2.55. The van der Waals surface area contributed by atoms with E-state index in [9.17, 15) is 19.5 Å². The third kappa shape index (κ3) is 5.11. The van der Waals surface area contributed by atoms with Crippen LogP contribution in [-0.2, 0) is 20.9 Å². The predicted molar refractivity (Wildman–Crippen MR) is 89.7 cm³/mol. The molecule has 0 aliphatic heterocycles. The number of amides is 1. The van der Waals surface area contributed by atoms with E-state index in [1.807, 2.05) is 13.8 Å². The molecule has 0 aromatic carbocycles. The van der Waals surface area contributed by atoms with Gasteiger partial charge < -0.3 is 19.3 Å². The van der Waals surface area contributed by atoms with E-state index in [4.69, 9.17) is 4.74 Å². The number of hydrogen-bond acceptors (Lipinski definition) is 5. The van der Waals surface area contributed by atoms with E-state index in [1.54, 1.807) is 14.0 Å². The number of carbonyl (C=O) groups is 2. The first-order valence-corrected chi connectivity index (χ1v) is 7.91. The van der Waals surface area contributed by atoms with Crippen LogP contribution in [0.15, 0.2) is 16.9 Å². The molecule has 0 aliphatic carbocycles. The second-order valence-electron chi connectivity index (χ2n) is 6.27. The highest BCUT2D eigenvalue weighted by Crippen LogP contribution is 2.14. The number of ether oxygens (including phenoxy) is 1. The monoisotopic (exact) mass is 338 g/mol. The molecule has 0 spiro atoms. The summed E-state index contributed by atoms with van der Waals surface area (Å²) >= 11 is 0. The average Bonchev–Trinajstić information content (AvgIpc) is 2.49. The molecule has 7 heteroatoms. The van der Waals surface area contributed by atoms with Crippen molar-refractivity contribution in [2.75, 3.05) is 14.2 Å². The first-order valence-electron chi connectivity index (χ1n) is 7.91. The molecule has 0 aliphatic rings. The maximum absolute atomic E-state index is 12.4. The topological polar surface area (TPSA) is 88.8 Å². The van der Waals surface area contributed by atoms with Gasteiger partial charge in [-0.2, -0.15) is 0 Å². The van der Waals surface area contributed by atoms with E-state index in [1.165, 1.54) is 22.6 Å². The lowest BCUT2D eigenvalue weighted by Crippen LogP contribution is -2.44. The number of nitrogens with zero attached hydrogens (tertiary/aromatic N) is 2. The van der Waals surface area contributed by atoms with Crippen molar-refractivity contribution in [2.24, 2.45) is 5.92 Å². The van der Waals surface area contributed by atoms with Crippen molar-refractivity contribution in [2.45, 2.75) is 46.2 Å². The molecule has 1 aromatic heterocycles. The molecule has 0 bridgehead atoms. The van der Waals surface area contributed by atoms with Crippen LogP contribution in [0.2, 0.25) is 0 Å². The van der Waals surface area contributed by atoms with Gasteiger partial charge in [-0.05, 0) is 25.3 Å². The number of carbonyl (C=O) groups excluding carboxylic acids is 2. The zero-order chi connectivity index (χ0) is 18.4. The van der Waals surface area contributed by atoms with Crippen molar-refractivity contribution in [3.8, 4) is 5.75 Å². The Morgan fingerprint density at radius 3 is 2.46 bits per heavy atom. The maximum Gasteiger partial charge on any atom is 0.328 e. The Morgan fingerprint density at radius 1 is 1.33 bits per heavy atom. The summed E-state index contributed by atoms with van der Waals surface area (Å²) in [6.07, 6.45) is 0.584. The normalized spacial score (nSPS) is 12.1. The number of likely N-dealkylation sites (N-methyl/N-ethyl adjacent to an activating group) is 1. The molecule has 1 rings (SSSR count). The largest absolute Gasteiger partial charge is 0.508 e. The third-order valence-electron chi connectivity index (χ3n) is 3.90. The molecule has 0 saturated heterocycles. The number of methoxy groups -OCH3 is 1. The lowest BCUT2D eigenvalue weighted by molar-refractivity contribution is -0.152. The van der Waals surface area contributed by atoms with Crippen molar-refractivity contribution in [1.82, 2.24) is 9.47 Å². The van der Waals surface area contributed by atoms with Crippen molar-refractivity contribution in [1.29, 1.82) is 0 Å². The van der Waals surface area contributed by atoms with E-state index in [-0.39, 0.29) is 36.1 Å². The Bertz CT molecular complexity index is 651. The van der Waals surface area contributed by atoms with E-state index in [2.05, 4.69) is 0 Å². The van der Waals surface area contributed by atoms with Crippen LogP contribution in [-0.4, -0.2) is 46.6 Å². The number of hydrogen-bond donors (Lipinski definition) is 1. The molecule has 1 amide bonds.